The van der Waals surface area contributed by atoms with Crippen molar-refractivity contribution in [2.24, 2.45) is 0 Å². The van der Waals surface area contributed by atoms with E-state index in [4.69, 9.17) is 14.2 Å². The zero-order valence-electron chi connectivity index (χ0n) is 34.8. The topological polar surface area (TPSA) is 78.9 Å². The van der Waals surface area contributed by atoms with Crippen molar-refractivity contribution in [1.29, 1.82) is 0 Å². The summed E-state index contributed by atoms with van der Waals surface area (Å²) in [5, 5.41) is 0. The van der Waals surface area contributed by atoms with E-state index >= 15 is 0 Å². The SMILES string of the molecule is CCCCCCCC/C=C\CCCCCCCCCCCC(=O)OCC(COC(=O)CCCCCCC)OC(=O)CCCCCCCCCCCC. The third kappa shape index (κ3) is 39.4. The predicted octanol–water partition coefficient (Wildman–Crippen LogP) is 14.3. The van der Waals surface area contributed by atoms with Gasteiger partial charge in [-0.15, -0.1) is 0 Å². The van der Waals surface area contributed by atoms with Crippen molar-refractivity contribution in [3.63, 3.8) is 0 Å². The number of carbonyl (C=O) groups is 3. The smallest absolute Gasteiger partial charge is 0.306 e. The van der Waals surface area contributed by atoms with Crippen molar-refractivity contribution in [1.82, 2.24) is 0 Å². The Morgan fingerprint density at radius 3 is 0.962 bits per heavy atom. The zero-order chi connectivity index (χ0) is 38.0. The fourth-order valence-electron chi connectivity index (χ4n) is 6.55. The Balaban J connectivity index is 4.12. The maximum atomic E-state index is 12.6. The lowest BCUT2D eigenvalue weighted by Crippen LogP contribution is -2.30. The van der Waals surface area contributed by atoms with E-state index in [0.717, 1.165) is 64.2 Å². The molecule has 0 aromatic carbocycles. The summed E-state index contributed by atoms with van der Waals surface area (Å²) in [5.74, 6) is -0.879. The highest BCUT2D eigenvalue weighted by atomic mass is 16.6. The number of allylic oxidation sites excluding steroid dienone is 2. The van der Waals surface area contributed by atoms with Gasteiger partial charge in [0.25, 0.3) is 0 Å². The Hall–Kier alpha value is -1.85. The fraction of sp³-hybridized carbons (Fsp3) is 0.891. The van der Waals surface area contributed by atoms with E-state index in [1.165, 1.54) is 141 Å². The molecule has 0 aliphatic carbocycles. The molecular weight excluding hydrogens is 648 g/mol. The van der Waals surface area contributed by atoms with E-state index in [1.54, 1.807) is 0 Å². The quantitative estimate of drug-likeness (QED) is 0.0269. The van der Waals surface area contributed by atoms with Gasteiger partial charge in [0.05, 0.1) is 0 Å². The molecule has 0 aromatic rings. The molecule has 0 amide bonds. The summed E-state index contributed by atoms with van der Waals surface area (Å²) in [6.45, 7) is 6.54. The van der Waals surface area contributed by atoms with Gasteiger partial charge in [0.1, 0.15) is 13.2 Å². The largest absolute Gasteiger partial charge is 0.462 e. The van der Waals surface area contributed by atoms with Crippen LogP contribution in [0, 0.1) is 0 Å². The molecule has 0 rings (SSSR count). The normalized spacial score (nSPS) is 12.0. The molecule has 0 fully saturated rings. The molecule has 0 radical (unpaired) electrons. The van der Waals surface area contributed by atoms with Crippen molar-refractivity contribution in [2.75, 3.05) is 13.2 Å². The number of esters is 3. The first-order valence-corrected chi connectivity index (χ1v) is 22.7. The molecule has 52 heavy (non-hydrogen) atoms. The van der Waals surface area contributed by atoms with Gasteiger partial charge in [0.2, 0.25) is 0 Å². The van der Waals surface area contributed by atoms with Gasteiger partial charge in [-0.2, -0.15) is 0 Å². The first-order valence-electron chi connectivity index (χ1n) is 22.7. The van der Waals surface area contributed by atoms with Gasteiger partial charge in [-0.05, 0) is 44.9 Å². The monoisotopic (exact) mass is 735 g/mol. The second kappa shape index (κ2) is 41.9. The van der Waals surface area contributed by atoms with Crippen molar-refractivity contribution in [2.45, 2.75) is 252 Å². The van der Waals surface area contributed by atoms with Crippen molar-refractivity contribution in [3.05, 3.63) is 12.2 Å². The summed E-state index contributed by atoms with van der Waals surface area (Å²) in [7, 11) is 0. The molecule has 0 saturated carbocycles. The number of ether oxygens (including phenoxy) is 3. The lowest BCUT2D eigenvalue weighted by Gasteiger charge is -2.18. The van der Waals surface area contributed by atoms with Gasteiger partial charge in [0.15, 0.2) is 6.10 Å². The van der Waals surface area contributed by atoms with Crippen LogP contribution in [0.1, 0.15) is 245 Å². The van der Waals surface area contributed by atoms with E-state index in [2.05, 4.69) is 32.9 Å². The zero-order valence-corrected chi connectivity index (χ0v) is 34.8. The molecule has 1 unspecified atom stereocenters. The minimum atomic E-state index is -0.759. The Kier molecular flexibility index (Phi) is 40.4. The molecule has 0 aromatic heterocycles. The van der Waals surface area contributed by atoms with Gasteiger partial charge in [-0.25, -0.2) is 0 Å². The number of rotatable bonds is 41. The molecule has 0 saturated heterocycles. The van der Waals surface area contributed by atoms with Crippen LogP contribution in [-0.4, -0.2) is 37.2 Å². The van der Waals surface area contributed by atoms with Crippen molar-refractivity contribution < 1.29 is 28.6 Å². The molecule has 6 heteroatoms. The van der Waals surface area contributed by atoms with Gasteiger partial charge >= 0.3 is 17.9 Å². The molecular formula is C46H86O6. The summed E-state index contributed by atoms with van der Waals surface area (Å²) >= 11 is 0. The Morgan fingerprint density at radius 1 is 0.365 bits per heavy atom. The predicted molar refractivity (Wildman–Crippen MR) is 220 cm³/mol. The lowest BCUT2D eigenvalue weighted by molar-refractivity contribution is -0.167. The van der Waals surface area contributed by atoms with Crippen LogP contribution in [0.4, 0.5) is 0 Å². The van der Waals surface area contributed by atoms with Crippen LogP contribution < -0.4 is 0 Å². The summed E-state index contributed by atoms with van der Waals surface area (Å²) in [6, 6.07) is 0. The fourth-order valence-corrected chi connectivity index (χ4v) is 6.55. The molecule has 0 aliphatic heterocycles. The van der Waals surface area contributed by atoms with E-state index in [9.17, 15) is 14.4 Å². The van der Waals surface area contributed by atoms with E-state index < -0.39 is 6.10 Å². The van der Waals surface area contributed by atoms with Crippen molar-refractivity contribution >= 4 is 17.9 Å². The Labute approximate surface area is 322 Å². The molecule has 0 N–H and O–H groups in total. The first-order chi connectivity index (χ1) is 25.5. The lowest BCUT2D eigenvalue weighted by atomic mass is 10.1. The van der Waals surface area contributed by atoms with E-state index in [-0.39, 0.29) is 31.1 Å². The molecule has 306 valence electrons. The highest BCUT2D eigenvalue weighted by Gasteiger charge is 2.19. The minimum Gasteiger partial charge on any atom is -0.462 e. The molecule has 1 atom stereocenters. The highest BCUT2D eigenvalue weighted by molar-refractivity contribution is 5.71. The number of hydrogen-bond donors (Lipinski definition) is 0. The summed E-state index contributed by atoms with van der Waals surface area (Å²) in [4.78, 5) is 37.4. The van der Waals surface area contributed by atoms with Gasteiger partial charge < -0.3 is 14.2 Å². The van der Waals surface area contributed by atoms with E-state index in [0.29, 0.717) is 19.3 Å². The molecule has 0 bridgehead atoms. The highest BCUT2D eigenvalue weighted by Crippen LogP contribution is 2.15. The van der Waals surface area contributed by atoms with Gasteiger partial charge in [-0.3, -0.25) is 14.4 Å². The molecule has 0 aliphatic rings. The van der Waals surface area contributed by atoms with Crippen molar-refractivity contribution in [3.8, 4) is 0 Å². The van der Waals surface area contributed by atoms with Crippen LogP contribution in [0.15, 0.2) is 12.2 Å². The molecule has 0 heterocycles. The Morgan fingerprint density at radius 2 is 0.635 bits per heavy atom. The number of hydrogen-bond acceptors (Lipinski definition) is 6. The average Bonchev–Trinajstić information content (AvgIpc) is 3.14. The third-order valence-electron chi connectivity index (χ3n) is 10.0. The summed E-state index contributed by atoms with van der Waals surface area (Å²) in [6.07, 6.45) is 43.7. The Bertz CT molecular complexity index is 809. The van der Waals surface area contributed by atoms with Crippen LogP contribution in [0.2, 0.25) is 0 Å². The van der Waals surface area contributed by atoms with Crippen LogP contribution in [0.5, 0.6) is 0 Å². The van der Waals surface area contributed by atoms with Crippen LogP contribution in [0.3, 0.4) is 0 Å². The minimum absolute atomic E-state index is 0.0682. The average molecular weight is 735 g/mol. The van der Waals surface area contributed by atoms with Crippen LogP contribution >= 0.6 is 0 Å². The second-order valence-corrected chi connectivity index (χ2v) is 15.3. The molecule has 6 nitrogen and oxygen atoms in total. The maximum absolute atomic E-state index is 12.6. The summed E-state index contributed by atoms with van der Waals surface area (Å²) in [5.41, 5.74) is 0. The van der Waals surface area contributed by atoms with Crippen LogP contribution in [-0.2, 0) is 28.6 Å². The van der Waals surface area contributed by atoms with Gasteiger partial charge in [0, 0.05) is 19.3 Å². The maximum Gasteiger partial charge on any atom is 0.306 e. The molecule has 0 spiro atoms. The van der Waals surface area contributed by atoms with Crippen LogP contribution in [0.25, 0.3) is 0 Å². The number of carbonyl (C=O) groups excluding carboxylic acids is 3. The summed E-state index contributed by atoms with van der Waals surface area (Å²) < 4.78 is 16.6. The van der Waals surface area contributed by atoms with Gasteiger partial charge in [-0.1, -0.05) is 193 Å². The first kappa shape index (κ1) is 50.1. The number of unbranched alkanes of at least 4 members (excludes halogenated alkanes) is 28. The third-order valence-corrected chi connectivity index (χ3v) is 10.0. The standard InChI is InChI=1S/C46H86O6/c1-4-7-10-13-15-17-19-20-21-22-23-24-25-26-27-29-30-33-36-39-45(48)51-42-43(41-50-44(47)38-35-32-12-9-6-3)52-46(49)40-37-34-31-28-18-16-14-11-8-5-2/h20-21,43H,4-19,22-42H2,1-3H3/b21-20-. The van der Waals surface area contributed by atoms with E-state index in [1.807, 2.05) is 0 Å². The second-order valence-electron chi connectivity index (χ2n) is 15.3.